The van der Waals surface area contributed by atoms with E-state index in [0.717, 1.165) is 12.0 Å². The van der Waals surface area contributed by atoms with Crippen LogP contribution in [0.4, 0.5) is 4.79 Å². The number of nitrogens with one attached hydrogen (secondary N) is 1. The molecule has 1 N–H and O–H groups in total. The van der Waals surface area contributed by atoms with E-state index in [1.165, 1.54) is 0 Å². The molecule has 0 radical (unpaired) electrons. The highest BCUT2D eigenvalue weighted by Crippen LogP contribution is 2.18. The Hall–Kier alpha value is -2.04. The third-order valence-corrected chi connectivity index (χ3v) is 4.17. The van der Waals surface area contributed by atoms with Crippen LogP contribution < -0.4 is 5.32 Å². The van der Waals surface area contributed by atoms with Gasteiger partial charge in [-0.1, -0.05) is 44.2 Å². The largest absolute Gasteiger partial charge is 0.448 e. The molecule has 0 saturated carbocycles. The molecule has 2 rings (SSSR count). The number of nitrogens with zero attached hydrogens (tertiary/aromatic N) is 1. The zero-order valence-corrected chi connectivity index (χ0v) is 14.1. The fraction of sp³-hybridized carbons (Fsp3) is 0.556. The summed E-state index contributed by atoms with van der Waals surface area (Å²) in [5, 5.41) is 3.04. The lowest BCUT2D eigenvalue weighted by atomic mass is 9.88. The third-order valence-electron chi connectivity index (χ3n) is 4.17. The summed E-state index contributed by atoms with van der Waals surface area (Å²) in [5.41, 5.74) is 1.16. The molecular formula is C18H26N2O3. The van der Waals surface area contributed by atoms with Gasteiger partial charge in [0.1, 0.15) is 6.61 Å². The molecule has 2 amide bonds. The SMILES string of the molecule is CC(C)[C@@H](Cc1ccccc1)C(=O)N[C@H](C)CN1CCOC1=O. The minimum absolute atomic E-state index is 0.0453. The summed E-state index contributed by atoms with van der Waals surface area (Å²) in [6.07, 6.45) is 0.429. The van der Waals surface area contributed by atoms with Crippen molar-refractivity contribution in [1.29, 1.82) is 0 Å². The smallest absolute Gasteiger partial charge is 0.410 e. The van der Waals surface area contributed by atoms with Gasteiger partial charge in [0.25, 0.3) is 0 Å². The maximum atomic E-state index is 12.6. The Morgan fingerprint density at radius 1 is 1.26 bits per heavy atom. The number of carbonyl (C=O) groups is 2. The highest BCUT2D eigenvalue weighted by molar-refractivity contribution is 5.79. The fourth-order valence-electron chi connectivity index (χ4n) is 2.82. The molecule has 1 aromatic carbocycles. The lowest BCUT2D eigenvalue weighted by Gasteiger charge is -2.25. The highest BCUT2D eigenvalue weighted by Gasteiger charge is 2.27. The van der Waals surface area contributed by atoms with E-state index in [9.17, 15) is 9.59 Å². The van der Waals surface area contributed by atoms with Gasteiger partial charge in [0.05, 0.1) is 6.54 Å². The molecule has 0 aromatic heterocycles. The molecule has 0 aliphatic carbocycles. The van der Waals surface area contributed by atoms with Crippen LogP contribution in [0, 0.1) is 11.8 Å². The van der Waals surface area contributed by atoms with E-state index in [-0.39, 0.29) is 29.9 Å². The van der Waals surface area contributed by atoms with Gasteiger partial charge in [-0.15, -0.1) is 0 Å². The molecule has 126 valence electrons. The molecule has 1 aliphatic rings. The molecule has 1 fully saturated rings. The number of hydrogen-bond acceptors (Lipinski definition) is 3. The van der Waals surface area contributed by atoms with Gasteiger partial charge in [-0.25, -0.2) is 4.79 Å². The van der Waals surface area contributed by atoms with Crippen LogP contribution in [0.15, 0.2) is 30.3 Å². The van der Waals surface area contributed by atoms with Crippen molar-refractivity contribution >= 4 is 12.0 Å². The molecule has 23 heavy (non-hydrogen) atoms. The topological polar surface area (TPSA) is 58.6 Å². The van der Waals surface area contributed by atoms with E-state index in [1.54, 1.807) is 4.90 Å². The summed E-state index contributed by atoms with van der Waals surface area (Å²) in [6.45, 7) is 7.56. The minimum atomic E-state index is -0.296. The number of cyclic esters (lactones) is 1. The van der Waals surface area contributed by atoms with E-state index in [0.29, 0.717) is 19.7 Å². The molecule has 1 aromatic rings. The van der Waals surface area contributed by atoms with Crippen molar-refractivity contribution in [2.45, 2.75) is 33.2 Å². The van der Waals surface area contributed by atoms with Crippen molar-refractivity contribution in [2.75, 3.05) is 19.7 Å². The first-order valence-electron chi connectivity index (χ1n) is 8.23. The third kappa shape index (κ3) is 4.98. The van der Waals surface area contributed by atoms with Crippen molar-refractivity contribution in [3.8, 4) is 0 Å². The summed E-state index contributed by atoms with van der Waals surface area (Å²) in [5.74, 6) is 0.216. The predicted molar refractivity (Wildman–Crippen MR) is 89.0 cm³/mol. The van der Waals surface area contributed by atoms with Crippen LogP contribution >= 0.6 is 0 Å². The number of ether oxygens (including phenoxy) is 1. The lowest BCUT2D eigenvalue weighted by Crippen LogP contribution is -2.45. The second kappa shape index (κ2) is 7.99. The van der Waals surface area contributed by atoms with E-state index in [2.05, 4.69) is 19.2 Å². The molecule has 0 spiro atoms. The lowest BCUT2D eigenvalue weighted by molar-refractivity contribution is -0.127. The first kappa shape index (κ1) is 17.3. The number of amides is 2. The van der Waals surface area contributed by atoms with Crippen LogP contribution in [-0.4, -0.2) is 42.6 Å². The molecule has 5 nitrogen and oxygen atoms in total. The maximum absolute atomic E-state index is 12.6. The van der Waals surface area contributed by atoms with Gasteiger partial charge < -0.3 is 15.0 Å². The van der Waals surface area contributed by atoms with Gasteiger partial charge >= 0.3 is 6.09 Å². The second-order valence-corrected chi connectivity index (χ2v) is 6.51. The molecule has 1 heterocycles. The normalized spacial score (nSPS) is 17.0. The number of rotatable bonds is 7. The number of hydrogen-bond donors (Lipinski definition) is 1. The summed E-state index contributed by atoms with van der Waals surface area (Å²) < 4.78 is 4.91. The average molecular weight is 318 g/mol. The van der Waals surface area contributed by atoms with Crippen molar-refractivity contribution in [1.82, 2.24) is 10.2 Å². The Morgan fingerprint density at radius 2 is 1.96 bits per heavy atom. The number of benzene rings is 1. The Balaban J connectivity index is 1.91. The van der Waals surface area contributed by atoms with Gasteiger partial charge in [-0.05, 0) is 24.8 Å². The standard InChI is InChI=1S/C18H26N2O3/c1-13(2)16(11-15-7-5-4-6-8-15)17(21)19-14(3)12-20-9-10-23-18(20)22/h4-8,13-14,16H,9-12H2,1-3H3,(H,19,21)/t14-,16-/m1/s1. The van der Waals surface area contributed by atoms with Crippen molar-refractivity contribution in [3.63, 3.8) is 0 Å². The zero-order valence-electron chi connectivity index (χ0n) is 14.1. The average Bonchev–Trinajstić information content (AvgIpc) is 2.90. The maximum Gasteiger partial charge on any atom is 0.410 e. The Kier molecular flexibility index (Phi) is 6.02. The van der Waals surface area contributed by atoms with E-state index < -0.39 is 0 Å². The fourth-order valence-corrected chi connectivity index (χ4v) is 2.82. The Labute approximate surface area is 138 Å². The van der Waals surface area contributed by atoms with Crippen LogP contribution in [0.25, 0.3) is 0 Å². The van der Waals surface area contributed by atoms with Crippen molar-refractivity contribution in [2.24, 2.45) is 11.8 Å². The van der Waals surface area contributed by atoms with Crippen LogP contribution in [-0.2, 0) is 16.0 Å². The van der Waals surface area contributed by atoms with Crippen LogP contribution in [0.2, 0.25) is 0 Å². The summed E-state index contributed by atoms with van der Waals surface area (Å²) in [6, 6.07) is 9.97. The molecule has 0 unspecified atom stereocenters. The van der Waals surface area contributed by atoms with Gasteiger partial charge in [0, 0.05) is 18.5 Å². The first-order chi connectivity index (χ1) is 11.0. The van der Waals surface area contributed by atoms with Gasteiger partial charge in [-0.3, -0.25) is 4.79 Å². The van der Waals surface area contributed by atoms with E-state index in [4.69, 9.17) is 4.74 Å². The van der Waals surface area contributed by atoms with E-state index in [1.807, 2.05) is 37.3 Å². The zero-order chi connectivity index (χ0) is 16.8. The molecule has 5 heteroatoms. The van der Waals surface area contributed by atoms with Crippen molar-refractivity contribution in [3.05, 3.63) is 35.9 Å². The summed E-state index contributed by atoms with van der Waals surface area (Å²) in [7, 11) is 0. The Morgan fingerprint density at radius 3 is 2.52 bits per heavy atom. The predicted octanol–water partition coefficient (Wildman–Crippen LogP) is 2.46. The van der Waals surface area contributed by atoms with Crippen molar-refractivity contribution < 1.29 is 14.3 Å². The molecule has 1 aliphatic heterocycles. The summed E-state index contributed by atoms with van der Waals surface area (Å²) >= 11 is 0. The second-order valence-electron chi connectivity index (χ2n) is 6.51. The molecule has 2 atom stereocenters. The molecular weight excluding hydrogens is 292 g/mol. The highest BCUT2D eigenvalue weighted by atomic mass is 16.6. The quantitative estimate of drug-likeness (QED) is 0.840. The van der Waals surface area contributed by atoms with Gasteiger partial charge in [0.2, 0.25) is 5.91 Å². The Bertz CT molecular complexity index is 530. The molecule has 1 saturated heterocycles. The minimum Gasteiger partial charge on any atom is -0.448 e. The monoisotopic (exact) mass is 318 g/mol. The number of carbonyl (C=O) groups excluding carboxylic acids is 2. The van der Waals surface area contributed by atoms with Crippen LogP contribution in [0.3, 0.4) is 0 Å². The molecule has 0 bridgehead atoms. The van der Waals surface area contributed by atoms with E-state index >= 15 is 0 Å². The van der Waals surface area contributed by atoms with Crippen LogP contribution in [0.5, 0.6) is 0 Å². The first-order valence-corrected chi connectivity index (χ1v) is 8.23. The van der Waals surface area contributed by atoms with Gasteiger partial charge in [-0.2, -0.15) is 0 Å². The van der Waals surface area contributed by atoms with Crippen LogP contribution in [0.1, 0.15) is 26.3 Å². The summed E-state index contributed by atoms with van der Waals surface area (Å²) in [4.78, 5) is 25.7. The van der Waals surface area contributed by atoms with Gasteiger partial charge in [0.15, 0.2) is 0 Å².